The highest BCUT2D eigenvalue weighted by Gasteiger charge is 2.19. The third-order valence-electron chi connectivity index (χ3n) is 4.28. The maximum atomic E-state index is 12.1. The van der Waals surface area contributed by atoms with Crippen LogP contribution in [0.2, 0.25) is 0 Å². The number of rotatable bonds is 8. The summed E-state index contributed by atoms with van der Waals surface area (Å²) in [5.41, 5.74) is 2.47. The van der Waals surface area contributed by atoms with Gasteiger partial charge in [-0.2, -0.15) is 0 Å². The van der Waals surface area contributed by atoms with Crippen LogP contribution in [0.3, 0.4) is 0 Å². The zero-order chi connectivity index (χ0) is 19.0. The van der Waals surface area contributed by atoms with Gasteiger partial charge in [-0.15, -0.1) is 0 Å². The second-order valence-electron chi connectivity index (χ2n) is 7.70. The van der Waals surface area contributed by atoms with E-state index in [4.69, 9.17) is 9.47 Å². The van der Waals surface area contributed by atoms with Crippen LogP contribution in [0.15, 0.2) is 54.6 Å². The van der Waals surface area contributed by atoms with Gasteiger partial charge in [-0.25, -0.2) is 0 Å². The lowest BCUT2D eigenvalue weighted by Gasteiger charge is -2.19. The van der Waals surface area contributed by atoms with Crippen LogP contribution in [-0.2, 0) is 9.53 Å². The molecule has 0 amide bonds. The minimum atomic E-state index is -0.174. The van der Waals surface area contributed by atoms with Crippen LogP contribution < -0.4 is 4.74 Å². The Labute approximate surface area is 157 Å². The average Bonchev–Trinajstić information content (AvgIpc) is 2.60. The van der Waals surface area contributed by atoms with Gasteiger partial charge in [0.05, 0.1) is 19.6 Å². The molecule has 2 rings (SSSR count). The molecule has 3 heteroatoms. The van der Waals surface area contributed by atoms with Crippen molar-refractivity contribution in [3.63, 3.8) is 0 Å². The molecule has 1 atom stereocenters. The summed E-state index contributed by atoms with van der Waals surface area (Å²) in [6.45, 7) is 9.56. The molecule has 0 bridgehead atoms. The van der Waals surface area contributed by atoms with Crippen LogP contribution in [0.5, 0.6) is 5.75 Å². The molecule has 0 aromatic heterocycles. The van der Waals surface area contributed by atoms with Gasteiger partial charge in [0.25, 0.3) is 0 Å². The van der Waals surface area contributed by atoms with E-state index < -0.39 is 0 Å². The van der Waals surface area contributed by atoms with E-state index in [2.05, 4.69) is 32.9 Å². The smallest absolute Gasteiger partial charge is 0.306 e. The van der Waals surface area contributed by atoms with E-state index >= 15 is 0 Å². The van der Waals surface area contributed by atoms with Crippen LogP contribution in [0.25, 0.3) is 0 Å². The van der Waals surface area contributed by atoms with E-state index in [1.165, 1.54) is 0 Å². The fourth-order valence-electron chi connectivity index (χ4n) is 2.77. The Hall–Kier alpha value is -2.29. The lowest BCUT2D eigenvalue weighted by Crippen LogP contribution is -2.12. The van der Waals surface area contributed by atoms with Gasteiger partial charge in [0.2, 0.25) is 0 Å². The summed E-state index contributed by atoms with van der Waals surface area (Å²) in [5, 5.41) is 0. The van der Waals surface area contributed by atoms with Crippen molar-refractivity contribution in [1.29, 1.82) is 0 Å². The van der Waals surface area contributed by atoms with Crippen molar-refractivity contribution in [2.75, 3.05) is 13.2 Å². The predicted octanol–water partition coefficient (Wildman–Crippen LogP) is 5.59. The highest BCUT2D eigenvalue weighted by atomic mass is 16.5. The van der Waals surface area contributed by atoms with Gasteiger partial charge < -0.3 is 9.47 Å². The zero-order valence-electron chi connectivity index (χ0n) is 16.3. The van der Waals surface area contributed by atoms with E-state index in [1.807, 2.05) is 49.4 Å². The maximum absolute atomic E-state index is 12.1. The number of esters is 1. The lowest BCUT2D eigenvalue weighted by molar-refractivity contribution is -0.143. The predicted molar refractivity (Wildman–Crippen MR) is 106 cm³/mol. The molecule has 1 unspecified atom stereocenters. The number of benzene rings is 2. The molecule has 0 heterocycles. The van der Waals surface area contributed by atoms with E-state index in [1.54, 1.807) is 0 Å². The first-order valence-electron chi connectivity index (χ1n) is 9.32. The van der Waals surface area contributed by atoms with Crippen LogP contribution in [0, 0.1) is 5.41 Å². The summed E-state index contributed by atoms with van der Waals surface area (Å²) in [6.07, 6.45) is 1.34. The Morgan fingerprint density at radius 3 is 2.15 bits per heavy atom. The summed E-state index contributed by atoms with van der Waals surface area (Å²) < 4.78 is 11.0. The molecule has 26 heavy (non-hydrogen) atoms. The highest BCUT2D eigenvalue weighted by Crippen LogP contribution is 2.30. The third kappa shape index (κ3) is 6.55. The average molecular weight is 354 g/mol. The van der Waals surface area contributed by atoms with Gasteiger partial charge in [-0.3, -0.25) is 4.79 Å². The topological polar surface area (TPSA) is 35.5 Å². The first-order chi connectivity index (χ1) is 12.4. The van der Waals surface area contributed by atoms with Crippen molar-refractivity contribution < 1.29 is 14.3 Å². The zero-order valence-corrected chi connectivity index (χ0v) is 16.3. The van der Waals surface area contributed by atoms with E-state index in [-0.39, 0.29) is 17.3 Å². The van der Waals surface area contributed by atoms with Crippen molar-refractivity contribution in [3.05, 3.63) is 65.7 Å². The Bertz CT molecular complexity index is 669. The number of ether oxygens (including phenoxy) is 2. The summed E-state index contributed by atoms with van der Waals surface area (Å²) in [6, 6.07) is 18.1. The molecule has 3 nitrogen and oxygen atoms in total. The fourth-order valence-corrected chi connectivity index (χ4v) is 2.77. The molecule has 0 aliphatic carbocycles. The third-order valence-corrected chi connectivity index (χ3v) is 4.28. The van der Waals surface area contributed by atoms with Crippen LogP contribution in [0.1, 0.15) is 57.6 Å². The first-order valence-corrected chi connectivity index (χ1v) is 9.32. The van der Waals surface area contributed by atoms with Crippen LogP contribution in [-0.4, -0.2) is 19.2 Å². The molecule has 0 radical (unpaired) electrons. The molecular formula is C23H30O3. The normalized spacial score (nSPS) is 12.5. The van der Waals surface area contributed by atoms with Crippen LogP contribution in [0.4, 0.5) is 0 Å². The summed E-state index contributed by atoms with van der Waals surface area (Å²) in [7, 11) is 0. The summed E-state index contributed by atoms with van der Waals surface area (Å²) in [5.74, 6) is 0.673. The lowest BCUT2D eigenvalue weighted by atomic mass is 9.88. The number of hydrogen-bond acceptors (Lipinski definition) is 3. The quantitative estimate of drug-likeness (QED) is 0.580. The molecule has 0 N–H and O–H groups in total. The van der Waals surface area contributed by atoms with Crippen molar-refractivity contribution >= 4 is 5.97 Å². The second-order valence-corrected chi connectivity index (χ2v) is 7.70. The maximum Gasteiger partial charge on any atom is 0.306 e. The van der Waals surface area contributed by atoms with Crippen molar-refractivity contribution in [2.24, 2.45) is 5.41 Å². The van der Waals surface area contributed by atoms with Crippen LogP contribution >= 0.6 is 0 Å². The van der Waals surface area contributed by atoms with E-state index in [0.717, 1.165) is 23.3 Å². The SMILES string of the molecule is CCOC(=O)CC(c1ccccc1)c1ccc(OCCC(C)(C)C)cc1. The van der Waals surface area contributed by atoms with Crippen molar-refractivity contribution in [1.82, 2.24) is 0 Å². The molecule has 2 aromatic rings. The second kappa shape index (κ2) is 9.42. The molecule has 0 aliphatic rings. The van der Waals surface area contributed by atoms with Gasteiger partial charge >= 0.3 is 5.97 Å². The molecule has 0 saturated heterocycles. The highest BCUT2D eigenvalue weighted by molar-refractivity contribution is 5.71. The molecule has 0 saturated carbocycles. The minimum Gasteiger partial charge on any atom is -0.494 e. The van der Waals surface area contributed by atoms with Gasteiger partial charge in [-0.1, -0.05) is 63.2 Å². The number of hydrogen-bond donors (Lipinski definition) is 0. The Morgan fingerprint density at radius 2 is 1.58 bits per heavy atom. The molecule has 0 aliphatic heterocycles. The van der Waals surface area contributed by atoms with Gasteiger partial charge in [0, 0.05) is 5.92 Å². The van der Waals surface area contributed by atoms with Crippen molar-refractivity contribution in [3.8, 4) is 5.75 Å². The fraction of sp³-hybridized carbons (Fsp3) is 0.435. The van der Waals surface area contributed by atoms with E-state index in [9.17, 15) is 4.79 Å². The van der Waals surface area contributed by atoms with Gasteiger partial charge in [0.15, 0.2) is 0 Å². The minimum absolute atomic E-state index is 0.0149. The number of carbonyl (C=O) groups is 1. The summed E-state index contributed by atoms with van der Waals surface area (Å²) >= 11 is 0. The monoisotopic (exact) mass is 354 g/mol. The molecular weight excluding hydrogens is 324 g/mol. The van der Waals surface area contributed by atoms with E-state index in [0.29, 0.717) is 19.6 Å². The van der Waals surface area contributed by atoms with Gasteiger partial charge in [-0.05, 0) is 42.0 Å². The molecule has 0 spiro atoms. The first kappa shape index (κ1) is 20.0. The summed E-state index contributed by atoms with van der Waals surface area (Å²) in [4.78, 5) is 12.1. The van der Waals surface area contributed by atoms with Gasteiger partial charge in [0.1, 0.15) is 5.75 Å². The Kier molecular flexibility index (Phi) is 7.26. The molecule has 2 aromatic carbocycles. The van der Waals surface area contributed by atoms with Crippen molar-refractivity contribution in [2.45, 2.75) is 46.5 Å². The largest absolute Gasteiger partial charge is 0.494 e. The standard InChI is InChI=1S/C23H30O3/c1-5-25-22(24)17-21(18-9-7-6-8-10-18)19-11-13-20(14-12-19)26-16-15-23(2,3)4/h6-14,21H,5,15-17H2,1-4H3. The number of carbonyl (C=O) groups excluding carboxylic acids is 1. The molecule has 140 valence electrons. The Morgan fingerprint density at radius 1 is 0.962 bits per heavy atom. The Balaban J connectivity index is 2.11. The molecule has 0 fully saturated rings.